The molecule has 0 aliphatic heterocycles. The lowest BCUT2D eigenvalue weighted by Crippen LogP contribution is -1.99. The highest BCUT2D eigenvalue weighted by Crippen LogP contribution is 2.34. The van der Waals surface area contributed by atoms with Crippen molar-refractivity contribution in [2.45, 2.75) is 13.2 Å². The van der Waals surface area contributed by atoms with Gasteiger partial charge in [-0.05, 0) is 34.9 Å². The van der Waals surface area contributed by atoms with Crippen LogP contribution in [0.2, 0.25) is 0 Å². The van der Waals surface area contributed by atoms with Crippen LogP contribution in [0.1, 0.15) is 11.1 Å². The molecule has 0 bridgehead atoms. The van der Waals surface area contributed by atoms with Crippen LogP contribution in [0, 0.1) is 0 Å². The molecule has 2 nitrogen and oxygen atoms in total. The maximum atomic E-state index is 6.14. The first-order valence-corrected chi connectivity index (χ1v) is 9.41. The van der Waals surface area contributed by atoms with Crippen molar-refractivity contribution in [1.29, 1.82) is 0 Å². The fourth-order valence-corrected chi connectivity index (χ4v) is 3.04. The van der Waals surface area contributed by atoms with Gasteiger partial charge < -0.3 is 9.47 Å². The number of hydrogen-bond donors (Lipinski definition) is 0. The van der Waals surface area contributed by atoms with Gasteiger partial charge in [-0.15, -0.1) is 0 Å². The van der Waals surface area contributed by atoms with Crippen LogP contribution in [0.4, 0.5) is 0 Å². The van der Waals surface area contributed by atoms with Crippen molar-refractivity contribution in [2.75, 3.05) is 0 Å². The summed E-state index contributed by atoms with van der Waals surface area (Å²) >= 11 is 0. The Kier molecular flexibility index (Phi) is 5.69. The highest BCUT2D eigenvalue weighted by atomic mass is 16.5. The van der Waals surface area contributed by atoms with Gasteiger partial charge >= 0.3 is 0 Å². The third-order valence-electron chi connectivity index (χ3n) is 4.52. The van der Waals surface area contributed by atoms with Crippen LogP contribution in [0.3, 0.4) is 0 Å². The molecule has 0 heterocycles. The van der Waals surface area contributed by atoms with Crippen molar-refractivity contribution in [3.05, 3.63) is 120 Å². The van der Waals surface area contributed by atoms with Gasteiger partial charge in [0.25, 0.3) is 0 Å². The molecule has 0 spiro atoms. The predicted octanol–water partition coefficient (Wildman–Crippen LogP) is 6.51. The first kappa shape index (κ1) is 17.9. The summed E-state index contributed by atoms with van der Waals surface area (Å²) < 4.78 is 12.2. The van der Waals surface area contributed by atoms with Gasteiger partial charge in [-0.25, -0.2) is 0 Å². The maximum absolute atomic E-state index is 6.14. The summed E-state index contributed by atoms with van der Waals surface area (Å²) in [7, 11) is 0. The maximum Gasteiger partial charge on any atom is 0.127 e. The molecule has 0 N–H and O–H groups in total. The summed E-state index contributed by atoms with van der Waals surface area (Å²) in [5.41, 5.74) is 4.43. The van der Waals surface area contributed by atoms with Crippen LogP contribution in [-0.2, 0) is 13.2 Å². The lowest BCUT2D eigenvalue weighted by atomic mass is 10.0. The number of ether oxygens (including phenoxy) is 2. The molecule has 0 fully saturated rings. The largest absolute Gasteiger partial charge is 0.489 e. The second-order valence-corrected chi connectivity index (χ2v) is 6.57. The Bertz CT molecular complexity index is 996. The molecule has 0 saturated carbocycles. The number of benzene rings is 4. The van der Waals surface area contributed by atoms with Crippen molar-refractivity contribution >= 4 is 0 Å². The first-order valence-electron chi connectivity index (χ1n) is 9.41. The van der Waals surface area contributed by atoms with Crippen molar-refractivity contribution in [3.63, 3.8) is 0 Å². The fraction of sp³-hybridized carbons (Fsp3) is 0.0769. The van der Waals surface area contributed by atoms with Crippen LogP contribution in [0.5, 0.6) is 11.5 Å². The molecule has 0 aliphatic carbocycles. The van der Waals surface area contributed by atoms with E-state index in [-0.39, 0.29) is 0 Å². The predicted molar refractivity (Wildman–Crippen MR) is 113 cm³/mol. The van der Waals surface area contributed by atoms with Gasteiger partial charge in [0.2, 0.25) is 0 Å². The molecule has 0 saturated heterocycles. The number of rotatable bonds is 7. The molecule has 4 rings (SSSR count). The van der Waals surface area contributed by atoms with Crippen molar-refractivity contribution in [3.8, 4) is 22.6 Å². The van der Waals surface area contributed by atoms with E-state index in [0.29, 0.717) is 13.2 Å². The SMILES string of the molecule is c1ccc(COc2ccc(OCc3ccccc3)c(-c3ccccc3)c2)cc1. The van der Waals surface area contributed by atoms with Crippen molar-refractivity contribution < 1.29 is 9.47 Å². The highest BCUT2D eigenvalue weighted by molar-refractivity contribution is 5.72. The summed E-state index contributed by atoms with van der Waals surface area (Å²) in [5, 5.41) is 0. The third kappa shape index (κ3) is 4.60. The van der Waals surface area contributed by atoms with Gasteiger partial charge in [0.15, 0.2) is 0 Å². The summed E-state index contributed by atoms with van der Waals surface area (Å²) in [4.78, 5) is 0. The molecule has 0 aromatic heterocycles. The zero-order chi connectivity index (χ0) is 19.0. The number of hydrogen-bond acceptors (Lipinski definition) is 2. The Balaban J connectivity index is 1.57. The van der Waals surface area contributed by atoms with E-state index in [1.54, 1.807) is 0 Å². The van der Waals surface area contributed by atoms with Crippen LogP contribution < -0.4 is 9.47 Å². The Morgan fingerprint density at radius 2 is 1.04 bits per heavy atom. The summed E-state index contributed by atoms with van der Waals surface area (Å²) in [6.45, 7) is 1.07. The van der Waals surface area contributed by atoms with Crippen LogP contribution in [0.15, 0.2) is 109 Å². The average molecular weight is 366 g/mol. The smallest absolute Gasteiger partial charge is 0.127 e. The molecule has 4 aromatic rings. The van der Waals surface area contributed by atoms with Crippen LogP contribution >= 0.6 is 0 Å². The second-order valence-electron chi connectivity index (χ2n) is 6.57. The standard InChI is InChI=1S/C26H22O2/c1-4-10-21(11-5-1)19-27-24-16-17-26(28-20-22-12-6-2-7-13-22)25(18-24)23-14-8-3-9-15-23/h1-18H,19-20H2. The second kappa shape index (κ2) is 8.92. The van der Waals surface area contributed by atoms with Crippen LogP contribution in [-0.4, -0.2) is 0 Å². The van der Waals surface area contributed by atoms with Gasteiger partial charge in [0.05, 0.1) is 0 Å². The molecule has 0 amide bonds. The first-order chi connectivity index (χ1) is 13.9. The van der Waals surface area contributed by atoms with E-state index in [1.807, 2.05) is 66.7 Å². The molecule has 28 heavy (non-hydrogen) atoms. The van der Waals surface area contributed by atoms with Gasteiger partial charge in [0.1, 0.15) is 24.7 Å². The van der Waals surface area contributed by atoms with E-state index in [9.17, 15) is 0 Å². The minimum Gasteiger partial charge on any atom is -0.489 e. The van der Waals surface area contributed by atoms with E-state index >= 15 is 0 Å². The van der Waals surface area contributed by atoms with Crippen molar-refractivity contribution in [2.24, 2.45) is 0 Å². The van der Waals surface area contributed by atoms with Crippen molar-refractivity contribution in [1.82, 2.24) is 0 Å². The molecular weight excluding hydrogens is 344 g/mol. The fourth-order valence-electron chi connectivity index (χ4n) is 3.04. The summed E-state index contributed by atoms with van der Waals surface area (Å²) in [6.07, 6.45) is 0. The zero-order valence-electron chi connectivity index (χ0n) is 15.6. The highest BCUT2D eigenvalue weighted by Gasteiger charge is 2.09. The van der Waals surface area contributed by atoms with Gasteiger partial charge in [-0.3, -0.25) is 0 Å². The molecule has 4 aromatic carbocycles. The van der Waals surface area contributed by atoms with Gasteiger partial charge in [-0.2, -0.15) is 0 Å². The lowest BCUT2D eigenvalue weighted by Gasteiger charge is -2.14. The Labute approximate surface area is 166 Å². The van der Waals surface area contributed by atoms with E-state index in [0.717, 1.165) is 33.8 Å². The topological polar surface area (TPSA) is 18.5 Å². The third-order valence-corrected chi connectivity index (χ3v) is 4.52. The van der Waals surface area contributed by atoms with Crippen LogP contribution in [0.25, 0.3) is 11.1 Å². The summed E-state index contributed by atoms with van der Waals surface area (Å²) in [6, 6.07) is 36.7. The lowest BCUT2D eigenvalue weighted by molar-refractivity contribution is 0.298. The van der Waals surface area contributed by atoms with E-state index in [2.05, 4.69) is 42.5 Å². The molecular formula is C26H22O2. The van der Waals surface area contributed by atoms with E-state index in [1.165, 1.54) is 0 Å². The van der Waals surface area contributed by atoms with Gasteiger partial charge in [0, 0.05) is 5.56 Å². The normalized spacial score (nSPS) is 10.4. The minimum atomic E-state index is 0.533. The van der Waals surface area contributed by atoms with E-state index < -0.39 is 0 Å². The Morgan fingerprint density at radius 3 is 1.64 bits per heavy atom. The Morgan fingerprint density at radius 1 is 0.500 bits per heavy atom. The molecule has 0 atom stereocenters. The molecule has 0 unspecified atom stereocenters. The Hall–Kier alpha value is -3.52. The molecule has 0 radical (unpaired) electrons. The monoisotopic (exact) mass is 366 g/mol. The molecule has 138 valence electrons. The minimum absolute atomic E-state index is 0.533. The zero-order valence-corrected chi connectivity index (χ0v) is 15.6. The van der Waals surface area contributed by atoms with E-state index in [4.69, 9.17) is 9.47 Å². The quantitative estimate of drug-likeness (QED) is 0.371. The van der Waals surface area contributed by atoms with Gasteiger partial charge in [-0.1, -0.05) is 91.0 Å². The average Bonchev–Trinajstić information content (AvgIpc) is 2.78. The molecule has 2 heteroatoms. The molecule has 0 aliphatic rings. The summed E-state index contributed by atoms with van der Waals surface area (Å²) in [5.74, 6) is 1.68.